The molecule has 2 aliphatic heterocycles. The van der Waals surface area contributed by atoms with E-state index in [9.17, 15) is 8.42 Å². The van der Waals surface area contributed by atoms with Crippen LogP contribution >= 0.6 is 0 Å². The highest BCUT2D eigenvalue weighted by Crippen LogP contribution is 2.58. The molecule has 3 nitrogen and oxygen atoms in total. The minimum atomic E-state index is -3.27. The molecule has 2 heterocycles. The van der Waals surface area contributed by atoms with Gasteiger partial charge in [-0.2, -0.15) is 0 Å². The van der Waals surface area contributed by atoms with Gasteiger partial charge in [-0.05, 0) is 18.1 Å². The lowest BCUT2D eigenvalue weighted by Gasteiger charge is -2.16. The Morgan fingerprint density at radius 1 is 1.09 bits per heavy atom. The molecule has 0 aliphatic carbocycles. The Kier molecular flexibility index (Phi) is 2.97. The van der Waals surface area contributed by atoms with Crippen LogP contribution in [0.15, 0.2) is 59.5 Å². The van der Waals surface area contributed by atoms with Crippen LogP contribution in [0.2, 0.25) is 0 Å². The van der Waals surface area contributed by atoms with Crippen LogP contribution in [0, 0.1) is 5.92 Å². The molecule has 0 saturated carbocycles. The third-order valence-corrected chi connectivity index (χ3v) is 6.76. The molecule has 2 aromatic rings. The van der Waals surface area contributed by atoms with Gasteiger partial charge >= 0.3 is 0 Å². The van der Waals surface area contributed by atoms with Crippen molar-refractivity contribution in [1.29, 1.82) is 0 Å². The fraction of sp³-hybridized carbons (Fsp3) is 0.333. The number of sulfone groups is 1. The zero-order valence-corrected chi connectivity index (χ0v) is 13.2. The van der Waals surface area contributed by atoms with Gasteiger partial charge in [0.25, 0.3) is 0 Å². The lowest BCUT2D eigenvalue weighted by atomic mass is 9.83. The minimum Gasteiger partial charge on any atom is -0.355 e. The van der Waals surface area contributed by atoms with E-state index < -0.39 is 15.4 Å². The standard InChI is InChI=1S/C18H18O3S/c1-2-13-12-22(19,20)16-11-7-6-10-15(16)18(17(13)21-18)14-8-4-3-5-9-14/h3-11,13,17H,2,12H2,1H3. The molecule has 4 heteroatoms. The molecule has 0 bridgehead atoms. The van der Waals surface area contributed by atoms with Crippen molar-refractivity contribution in [2.24, 2.45) is 5.92 Å². The largest absolute Gasteiger partial charge is 0.355 e. The summed E-state index contributed by atoms with van der Waals surface area (Å²) in [5, 5.41) is 0. The van der Waals surface area contributed by atoms with E-state index in [1.54, 1.807) is 12.1 Å². The van der Waals surface area contributed by atoms with Gasteiger partial charge in [0.15, 0.2) is 9.84 Å². The molecular weight excluding hydrogens is 296 g/mol. The van der Waals surface area contributed by atoms with Gasteiger partial charge in [0.2, 0.25) is 0 Å². The number of hydrogen-bond acceptors (Lipinski definition) is 3. The number of ether oxygens (including phenoxy) is 1. The third-order valence-electron chi connectivity index (χ3n) is 4.87. The lowest BCUT2D eigenvalue weighted by molar-refractivity contribution is 0.294. The molecule has 2 aromatic carbocycles. The van der Waals surface area contributed by atoms with Gasteiger partial charge in [0.05, 0.1) is 10.6 Å². The summed E-state index contributed by atoms with van der Waals surface area (Å²) < 4.78 is 31.7. The Hall–Kier alpha value is -1.65. The predicted octanol–water partition coefficient (Wildman–Crippen LogP) is 3.14. The maximum atomic E-state index is 12.7. The first kappa shape index (κ1) is 14.0. The summed E-state index contributed by atoms with van der Waals surface area (Å²) in [7, 11) is -3.27. The smallest absolute Gasteiger partial charge is 0.179 e. The maximum absolute atomic E-state index is 12.7. The van der Waals surface area contributed by atoms with Crippen LogP contribution in [0.5, 0.6) is 0 Å². The number of rotatable bonds is 2. The van der Waals surface area contributed by atoms with E-state index in [0.717, 1.165) is 17.5 Å². The van der Waals surface area contributed by atoms with Crippen LogP contribution < -0.4 is 0 Å². The lowest BCUT2D eigenvalue weighted by Crippen LogP contribution is -2.21. The maximum Gasteiger partial charge on any atom is 0.179 e. The summed E-state index contributed by atoms with van der Waals surface area (Å²) in [4.78, 5) is 0.428. The first-order chi connectivity index (χ1) is 10.6. The molecule has 2 aliphatic rings. The highest BCUT2D eigenvalue weighted by molar-refractivity contribution is 7.91. The molecule has 0 N–H and O–H groups in total. The van der Waals surface area contributed by atoms with Crippen LogP contribution in [0.25, 0.3) is 0 Å². The first-order valence-corrected chi connectivity index (χ1v) is 9.30. The molecule has 1 fully saturated rings. The molecule has 0 aromatic heterocycles. The molecule has 1 saturated heterocycles. The summed E-state index contributed by atoms with van der Waals surface area (Å²) in [5.41, 5.74) is 1.24. The fourth-order valence-electron chi connectivity index (χ4n) is 3.72. The van der Waals surface area contributed by atoms with Gasteiger partial charge in [-0.3, -0.25) is 0 Å². The molecule has 0 spiro atoms. The van der Waals surface area contributed by atoms with Gasteiger partial charge < -0.3 is 4.74 Å². The van der Waals surface area contributed by atoms with E-state index in [4.69, 9.17) is 4.74 Å². The average Bonchev–Trinajstić information content (AvgIpc) is 3.30. The van der Waals surface area contributed by atoms with Crippen molar-refractivity contribution < 1.29 is 13.2 Å². The van der Waals surface area contributed by atoms with Gasteiger partial charge in [-0.15, -0.1) is 0 Å². The second kappa shape index (κ2) is 4.67. The molecule has 3 atom stereocenters. The molecule has 22 heavy (non-hydrogen) atoms. The SMILES string of the molecule is CCC1CS(=O)(=O)c2ccccc2C2(c3ccccc3)OC12. The zero-order chi connectivity index (χ0) is 15.4. The highest BCUT2D eigenvalue weighted by Gasteiger charge is 2.64. The second-order valence-electron chi connectivity index (χ2n) is 6.09. The van der Waals surface area contributed by atoms with Crippen molar-refractivity contribution in [3.05, 3.63) is 65.7 Å². The van der Waals surface area contributed by atoms with Crippen molar-refractivity contribution in [3.63, 3.8) is 0 Å². The minimum absolute atomic E-state index is 0.0256. The first-order valence-electron chi connectivity index (χ1n) is 7.65. The zero-order valence-electron chi connectivity index (χ0n) is 12.4. The topological polar surface area (TPSA) is 46.7 Å². The van der Waals surface area contributed by atoms with E-state index >= 15 is 0 Å². The summed E-state index contributed by atoms with van der Waals surface area (Å²) in [6.07, 6.45) is 0.741. The molecule has 0 amide bonds. The number of benzene rings is 2. The molecule has 114 valence electrons. The number of hydrogen-bond donors (Lipinski definition) is 0. The number of fused-ring (bicyclic) bond motifs is 3. The summed E-state index contributed by atoms with van der Waals surface area (Å²) in [6.45, 7) is 2.04. The van der Waals surface area contributed by atoms with E-state index in [1.165, 1.54) is 0 Å². The monoisotopic (exact) mass is 314 g/mol. The predicted molar refractivity (Wildman–Crippen MR) is 84.4 cm³/mol. The molecule has 4 rings (SSSR count). The molecule has 0 radical (unpaired) electrons. The van der Waals surface area contributed by atoms with Crippen molar-refractivity contribution in [2.45, 2.75) is 29.9 Å². The van der Waals surface area contributed by atoms with Crippen molar-refractivity contribution in [2.75, 3.05) is 5.75 Å². The van der Waals surface area contributed by atoms with Crippen LogP contribution in [0.4, 0.5) is 0 Å². The Balaban J connectivity index is 2.00. The van der Waals surface area contributed by atoms with E-state index in [-0.39, 0.29) is 17.8 Å². The Morgan fingerprint density at radius 2 is 1.77 bits per heavy atom. The number of epoxide rings is 1. The molecular formula is C18H18O3S. The summed E-state index contributed by atoms with van der Waals surface area (Å²) >= 11 is 0. The second-order valence-corrected chi connectivity index (χ2v) is 8.09. The van der Waals surface area contributed by atoms with Crippen LogP contribution in [-0.4, -0.2) is 20.3 Å². The van der Waals surface area contributed by atoms with Crippen LogP contribution in [-0.2, 0) is 20.2 Å². The summed E-state index contributed by atoms with van der Waals surface area (Å²) in [5.74, 6) is 0.192. The van der Waals surface area contributed by atoms with Crippen molar-refractivity contribution in [3.8, 4) is 0 Å². The van der Waals surface area contributed by atoms with Crippen LogP contribution in [0.1, 0.15) is 24.5 Å². The highest BCUT2D eigenvalue weighted by atomic mass is 32.2. The van der Waals surface area contributed by atoms with Crippen LogP contribution in [0.3, 0.4) is 0 Å². The quantitative estimate of drug-likeness (QED) is 0.800. The summed E-state index contributed by atoms with van der Waals surface area (Å²) in [6, 6.07) is 17.3. The van der Waals surface area contributed by atoms with Gasteiger partial charge in [-0.1, -0.05) is 55.5 Å². The van der Waals surface area contributed by atoms with Gasteiger partial charge in [0.1, 0.15) is 11.7 Å². The average molecular weight is 314 g/mol. The van der Waals surface area contributed by atoms with Crippen molar-refractivity contribution in [1.82, 2.24) is 0 Å². The van der Waals surface area contributed by atoms with E-state index in [1.807, 2.05) is 49.4 Å². The van der Waals surface area contributed by atoms with Gasteiger partial charge in [0, 0.05) is 11.5 Å². The van der Waals surface area contributed by atoms with Crippen molar-refractivity contribution >= 4 is 9.84 Å². The third kappa shape index (κ3) is 1.80. The molecule has 3 unspecified atom stereocenters. The fourth-order valence-corrected chi connectivity index (χ4v) is 5.71. The Morgan fingerprint density at radius 3 is 2.50 bits per heavy atom. The Labute approximate surface area is 130 Å². The van der Waals surface area contributed by atoms with Gasteiger partial charge in [-0.25, -0.2) is 8.42 Å². The normalized spacial score (nSPS) is 31.7. The van der Waals surface area contributed by atoms with E-state index in [0.29, 0.717) is 4.90 Å². The van der Waals surface area contributed by atoms with E-state index in [2.05, 4.69) is 0 Å². The Bertz CT molecular complexity index is 813.